The summed E-state index contributed by atoms with van der Waals surface area (Å²) in [5, 5.41) is 0. The highest BCUT2D eigenvalue weighted by molar-refractivity contribution is 5.83. The highest BCUT2D eigenvalue weighted by Crippen LogP contribution is 2.42. The maximum atomic E-state index is 12.1. The Morgan fingerprint density at radius 2 is 1.88 bits per heavy atom. The lowest BCUT2D eigenvalue weighted by atomic mass is 9.79. The number of benzene rings is 1. The molecular formula is C14H18O2. The highest BCUT2D eigenvalue weighted by atomic mass is 16.5. The third-order valence-corrected chi connectivity index (χ3v) is 3.45. The molecule has 0 unspecified atom stereocenters. The zero-order valence-corrected chi connectivity index (χ0v) is 9.74. The third-order valence-electron chi connectivity index (χ3n) is 3.45. The summed E-state index contributed by atoms with van der Waals surface area (Å²) in [6.07, 6.45) is 4.09. The van der Waals surface area contributed by atoms with Gasteiger partial charge in [0.2, 0.25) is 0 Å². The topological polar surface area (TPSA) is 26.3 Å². The molecule has 1 aromatic rings. The summed E-state index contributed by atoms with van der Waals surface area (Å²) in [6, 6.07) is 10.1. The SMILES string of the molecule is CCOC(=O)C1(c2ccccc2)CCCC1. The standard InChI is InChI=1S/C14H18O2/c1-2-16-13(15)14(10-6-7-11-14)12-8-4-3-5-9-12/h3-5,8-9H,2,6-7,10-11H2,1H3. The van der Waals surface area contributed by atoms with Gasteiger partial charge in [-0.2, -0.15) is 0 Å². The van der Waals surface area contributed by atoms with Gasteiger partial charge in [-0.3, -0.25) is 4.79 Å². The molecule has 0 radical (unpaired) electrons. The summed E-state index contributed by atoms with van der Waals surface area (Å²) in [5.41, 5.74) is 0.753. The van der Waals surface area contributed by atoms with Crippen molar-refractivity contribution in [2.45, 2.75) is 38.0 Å². The molecule has 0 amide bonds. The van der Waals surface area contributed by atoms with Crippen LogP contribution in [0.5, 0.6) is 0 Å². The van der Waals surface area contributed by atoms with Gasteiger partial charge < -0.3 is 4.74 Å². The van der Waals surface area contributed by atoms with Crippen LogP contribution in [0.15, 0.2) is 30.3 Å². The summed E-state index contributed by atoms with van der Waals surface area (Å²) >= 11 is 0. The van der Waals surface area contributed by atoms with Crippen molar-refractivity contribution in [1.29, 1.82) is 0 Å². The minimum atomic E-state index is -0.364. The van der Waals surface area contributed by atoms with E-state index in [4.69, 9.17) is 4.74 Å². The van der Waals surface area contributed by atoms with Gasteiger partial charge in [-0.1, -0.05) is 43.2 Å². The van der Waals surface area contributed by atoms with Gasteiger partial charge in [-0.15, -0.1) is 0 Å². The number of hydrogen-bond donors (Lipinski definition) is 0. The molecule has 2 nitrogen and oxygen atoms in total. The van der Waals surface area contributed by atoms with Crippen LogP contribution in [-0.2, 0) is 14.9 Å². The number of ether oxygens (including phenoxy) is 1. The van der Waals surface area contributed by atoms with Crippen LogP contribution in [0.1, 0.15) is 38.2 Å². The average molecular weight is 218 g/mol. The maximum absolute atomic E-state index is 12.1. The summed E-state index contributed by atoms with van der Waals surface area (Å²) in [6.45, 7) is 2.33. The monoisotopic (exact) mass is 218 g/mol. The van der Waals surface area contributed by atoms with Gasteiger partial charge in [0.05, 0.1) is 12.0 Å². The van der Waals surface area contributed by atoms with Crippen LogP contribution in [0.3, 0.4) is 0 Å². The van der Waals surface area contributed by atoms with E-state index in [1.165, 1.54) is 0 Å². The summed E-state index contributed by atoms with van der Waals surface area (Å²) in [4.78, 5) is 12.1. The van der Waals surface area contributed by atoms with Crippen LogP contribution in [-0.4, -0.2) is 12.6 Å². The molecule has 0 N–H and O–H groups in total. The van der Waals surface area contributed by atoms with Gasteiger partial charge in [0.25, 0.3) is 0 Å². The zero-order chi connectivity index (χ0) is 11.4. The van der Waals surface area contributed by atoms with Crippen molar-refractivity contribution in [3.8, 4) is 0 Å². The van der Waals surface area contributed by atoms with Crippen LogP contribution in [0.25, 0.3) is 0 Å². The number of carbonyl (C=O) groups is 1. The van der Waals surface area contributed by atoms with Gasteiger partial charge in [0.15, 0.2) is 0 Å². The van der Waals surface area contributed by atoms with Gasteiger partial charge >= 0.3 is 5.97 Å². The van der Waals surface area contributed by atoms with Crippen molar-refractivity contribution in [1.82, 2.24) is 0 Å². The lowest BCUT2D eigenvalue weighted by molar-refractivity contribution is -0.150. The Bertz CT molecular complexity index is 350. The Morgan fingerprint density at radius 1 is 1.25 bits per heavy atom. The smallest absolute Gasteiger partial charge is 0.316 e. The first-order valence-electron chi connectivity index (χ1n) is 6.02. The molecule has 1 saturated carbocycles. The third kappa shape index (κ3) is 1.84. The second kappa shape index (κ2) is 4.69. The first kappa shape index (κ1) is 11.2. The van der Waals surface area contributed by atoms with E-state index in [1.54, 1.807) is 0 Å². The van der Waals surface area contributed by atoms with Crippen molar-refractivity contribution in [2.24, 2.45) is 0 Å². The second-order valence-corrected chi connectivity index (χ2v) is 4.38. The Hall–Kier alpha value is -1.31. The van der Waals surface area contributed by atoms with E-state index < -0.39 is 0 Å². The minimum Gasteiger partial charge on any atom is -0.465 e. The number of esters is 1. The fourth-order valence-electron chi connectivity index (χ4n) is 2.62. The fourth-order valence-corrected chi connectivity index (χ4v) is 2.62. The zero-order valence-electron chi connectivity index (χ0n) is 9.74. The Labute approximate surface area is 96.6 Å². The summed E-state index contributed by atoms with van der Waals surface area (Å²) in [5.74, 6) is -0.0429. The number of carbonyl (C=O) groups excluding carboxylic acids is 1. The quantitative estimate of drug-likeness (QED) is 0.729. The van der Waals surface area contributed by atoms with Gasteiger partial charge in [0.1, 0.15) is 0 Å². The molecule has 0 aromatic heterocycles. The van der Waals surface area contributed by atoms with E-state index in [0.717, 1.165) is 31.2 Å². The second-order valence-electron chi connectivity index (χ2n) is 4.38. The van der Waals surface area contributed by atoms with Crippen LogP contribution in [0.4, 0.5) is 0 Å². The molecule has 86 valence electrons. The molecule has 1 aliphatic rings. The van der Waals surface area contributed by atoms with Crippen LogP contribution in [0, 0.1) is 0 Å². The molecule has 16 heavy (non-hydrogen) atoms. The van der Waals surface area contributed by atoms with Crippen molar-refractivity contribution in [3.63, 3.8) is 0 Å². The molecule has 0 heterocycles. The molecule has 1 fully saturated rings. The molecule has 0 atom stereocenters. The summed E-state index contributed by atoms with van der Waals surface area (Å²) < 4.78 is 5.24. The Balaban J connectivity index is 2.32. The van der Waals surface area contributed by atoms with Crippen molar-refractivity contribution in [3.05, 3.63) is 35.9 Å². The van der Waals surface area contributed by atoms with E-state index in [9.17, 15) is 4.79 Å². The predicted octanol–water partition coefficient (Wildman–Crippen LogP) is 3.06. The molecule has 1 aromatic carbocycles. The van der Waals surface area contributed by atoms with Crippen molar-refractivity contribution in [2.75, 3.05) is 6.61 Å². The minimum absolute atomic E-state index is 0.0429. The van der Waals surface area contributed by atoms with E-state index in [0.29, 0.717) is 6.61 Å². The van der Waals surface area contributed by atoms with Crippen LogP contribution < -0.4 is 0 Å². The van der Waals surface area contributed by atoms with E-state index in [1.807, 2.05) is 37.3 Å². The van der Waals surface area contributed by atoms with E-state index in [2.05, 4.69) is 0 Å². The first-order valence-corrected chi connectivity index (χ1v) is 6.02. The average Bonchev–Trinajstić information content (AvgIpc) is 2.81. The van der Waals surface area contributed by atoms with Crippen LogP contribution in [0.2, 0.25) is 0 Å². The molecule has 0 bridgehead atoms. The first-order chi connectivity index (χ1) is 7.79. The maximum Gasteiger partial charge on any atom is 0.316 e. The number of rotatable bonds is 3. The fraction of sp³-hybridized carbons (Fsp3) is 0.500. The normalized spacial score (nSPS) is 18.3. The molecule has 0 aliphatic heterocycles. The van der Waals surface area contributed by atoms with Gasteiger partial charge in [-0.25, -0.2) is 0 Å². The Kier molecular flexibility index (Phi) is 3.28. The lowest BCUT2D eigenvalue weighted by Gasteiger charge is -2.26. The highest BCUT2D eigenvalue weighted by Gasteiger charge is 2.43. The molecule has 1 aliphatic carbocycles. The molecule has 2 heteroatoms. The molecular weight excluding hydrogens is 200 g/mol. The van der Waals surface area contributed by atoms with Crippen molar-refractivity contribution >= 4 is 5.97 Å². The van der Waals surface area contributed by atoms with Gasteiger partial charge in [-0.05, 0) is 25.3 Å². The van der Waals surface area contributed by atoms with Crippen molar-refractivity contribution < 1.29 is 9.53 Å². The lowest BCUT2D eigenvalue weighted by Crippen LogP contribution is -2.34. The summed E-state index contributed by atoms with van der Waals surface area (Å²) in [7, 11) is 0. The molecule has 0 saturated heterocycles. The number of hydrogen-bond acceptors (Lipinski definition) is 2. The largest absolute Gasteiger partial charge is 0.465 e. The van der Waals surface area contributed by atoms with E-state index >= 15 is 0 Å². The van der Waals surface area contributed by atoms with E-state index in [-0.39, 0.29) is 11.4 Å². The Morgan fingerprint density at radius 3 is 2.44 bits per heavy atom. The van der Waals surface area contributed by atoms with Crippen LogP contribution >= 0.6 is 0 Å². The molecule has 2 rings (SSSR count). The van der Waals surface area contributed by atoms with Gasteiger partial charge in [0, 0.05) is 0 Å². The predicted molar refractivity (Wildman–Crippen MR) is 63.2 cm³/mol. The molecule has 0 spiro atoms.